The van der Waals surface area contributed by atoms with Crippen LogP contribution in [0, 0.1) is 0 Å². The summed E-state index contributed by atoms with van der Waals surface area (Å²) < 4.78 is 5.02. The Morgan fingerprint density at radius 1 is 1.11 bits per heavy atom. The number of nitrogens with two attached hydrogens (primary N) is 1. The molecular weight excluding hydrogens is 380 g/mol. The molecule has 1 aliphatic carbocycles. The molecule has 2 aromatic carbocycles. The molecule has 28 heavy (non-hydrogen) atoms. The first kappa shape index (κ1) is 21.7. The third-order valence-corrected chi connectivity index (χ3v) is 4.59. The maximum atomic E-state index is 11.4. The van der Waals surface area contributed by atoms with Crippen LogP contribution in [0.15, 0.2) is 48.5 Å². The highest BCUT2D eigenvalue weighted by Gasteiger charge is 2.12. The number of ether oxygens (including phenoxy) is 1. The molecular formula is C21H25ClN2O4. The molecule has 0 bridgehead atoms. The van der Waals surface area contributed by atoms with Crippen LogP contribution in [0.1, 0.15) is 36.0 Å². The number of carbonyl (C=O) groups excluding carboxylic acids is 1. The van der Waals surface area contributed by atoms with Crippen LogP contribution in [-0.2, 0) is 22.6 Å². The second-order valence-corrected chi connectivity index (χ2v) is 6.89. The molecule has 0 saturated heterocycles. The number of rotatable bonds is 8. The summed E-state index contributed by atoms with van der Waals surface area (Å²) in [6, 6.07) is 14.8. The number of carboxylic acids is 1. The van der Waals surface area contributed by atoms with E-state index in [4.69, 9.17) is 27.2 Å². The first-order valence-corrected chi connectivity index (χ1v) is 9.54. The van der Waals surface area contributed by atoms with E-state index in [1.165, 1.54) is 17.5 Å². The average Bonchev–Trinajstić information content (AvgIpc) is 3.47. The largest absolute Gasteiger partial charge is 0.480 e. The summed E-state index contributed by atoms with van der Waals surface area (Å²) in [6.45, 7) is 0.517. The minimum absolute atomic E-state index is 0.107. The molecule has 2 aromatic rings. The van der Waals surface area contributed by atoms with E-state index in [-0.39, 0.29) is 6.61 Å². The molecule has 1 atom stereocenters. The van der Waals surface area contributed by atoms with E-state index in [0.717, 1.165) is 5.56 Å². The Kier molecular flexibility index (Phi) is 8.78. The molecule has 0 spiro atoms. The summed E-state index contributed by atoms with van der Waals surface area (Å²) in [5.41, 5.74) is 9.16. The molecule has 0 fully saturated rings. The maximum absolute atomic E-state index is 11.4. The Hall–Kier alpha value is -2.57. The molecule has 4 N–H and O–H groups in total. The maximum Gasteiger partial charge on any atom is 0.407 e. The van der Waals surface area contributed by atoms with Crippen molar-refractivity contribution in [1.82, 2.24) is 5.32 Å². The van der Waals surface area contributed by atoms with Gasteiger partial charge in [0.2, 0.25) is 0 Å². The standard InChI is InChI=1S/C14H19ClN2O4.C7H6/c15-11-6-2-1-5-10(11)9-21-14(20)17-8-4-3-7-12(16)13(18)19;1-2-4-7-5-6(7)3-1/h1-2,5-6,12H,3-4,7-9,16H2,(H,17,20)(H,18,19);1-4H,5H2/t12-;/m0./s1. The minimum Gasteiger partial charge on any atom is -0.480 e. The second-order valence-electron chi connectivity index (χ2n) is 6.48. The average molecular weight is 405 g/mol. The van der Waals surface area contributed by atoms with Gasteiger partial charge in [0, 0.05) is 17.1 Å². The molecule has 6 nitrogen and oxygen atoms in total. The van der Waals surface area contributed by atoms with Crippen molar-refractivity contribution in [3.63, 3.8) is 0 Å². The van der Waals surface area contributed by atoms with E-state index >= 15 is 0 Å². The summed E-state index contributed by atoms with van der Waals surface area (Å²) in [4.78, 5) is 21.9. The van der Waals surface area contributed by atoms with Crippen LogP contribution in [0.4, 0.5) is 4.79 Å². The summed E-state index contributed by atoms with van der Waals surface area (Å²) >= 11 is 5.94. The van der Waals surface area contributed by atoms with Crippen molar-refractivity contribution in [2.24, 2.45) is 5.73 Å². The van der Waals surface area contributed by atoms with Crippen molar-refractivity contribution in [3.05, 3.63) is 70.2 Å². The van der Waals surface area contributed by atoms with Crippen molar-refractivity contribution >= 4 is 23.7 Å². The number of carboxylic acid groups (broad SMARTS) is 1. The molecule has 0 aliphatic heterocycles. The number of amides is 1. The second kappa shape index (κ2) is 11.3. The number of carbonyl (C=O) groups is 2. The predicted octanol–water partition coefficient (Wildman–Crippen LogP) is 3.74. The molecule has 1 amide bonds. The first-order valence-electron chi connectivity index (χ1n) is 9.16. The Morgan fingerprint density at radius 3 is 2.36 bits per heavy atom. The third kappa shape index (κ3) is 7.98. The molecule has 0 saturated carbocycles. The van der Waals surface area contributed by atoms with E-state index in [0.29, 0.717) is 30.8 Å². The zero-order valence-electron chi connectivity index (χ0n) is 15.6. The van der Waals surface area contributed by atoms with Crippen LogP contribution in [0.3, 0.4) is 0 Å². The van der Waals surface area contributed by atoms with Gasteiger partial charge in [-0.25, -0.2) is 4.79 Å². The predicted molar refractivity (Wildman–Crippen MR) is 108 cm³/mol. The van der Waals surface area contributed by atoms with Crippen LogP contribution in [0.2, 0.25) is 5.02 Å². The number of hydrogen-bond donors (Lipinski definition) is 3. The molecule has 1 aliphatic rings. The Balaban J connectivity index is 0.000000327. The molecule has 0 unspecified atom stereocenters. The van der Waals surface area contributed by atoms with Crippen LogP contribution in [0.25, 0.3) is 0 Å². The Morgan fingerprint density at radius 2 is 1.75 bits per heavy atom. The van der Waals surface area contributed by atoms with Crippen molar-refractivity contribution in [1.29, 1.82) is 0 Å². The van der Waals surface area contributed by atoms with Gasteiger partial charge in [0.25, 0.3) is 0 Å². The van der Waals surface area contributed by atoms with Gasteiger partial charge >= 0.3 is 12.1 Å². The molecule has 3 rings (SSSR count). The number of fused-ring (bicyclic) bond motifs is 1. The third-order valence-electron chi connectivity index (χ3n) is 4.22. The van der Waals surface area contributed by atoms with Gasteiger partial charge in [-0.3, -0.25) is 4.79 Å². The minimum atomic E-state index is -1.01. The van der Waals surface area contributed by atoms with Gasteiger partial charge in [0.1, 0.15) is 12.6 Å². The van der Waals surface area contributed by atoms with E-state index in [1.54, 1.807) is 18.2 Å². The molecule has 7 heteroatoms. The van der Waals surface area contributed by atoms with Gasteiger partial charge in [-0.2, -0.15) is 0 Å². The fourth-order valence-electron chi connectivity index (χ4n) is 2.45. The molecule has 0 radical (unpaired) electrons. The number of hydrogen-bond acceptors (Lipinski definition) is 4. The zero-order chi connectivity index (χ0) is 20.4. The van der Waals surface area contributed by atoms with Gasteiger partial charge in [0.05, 0.1) is 0 Å². The van der Waals surface area contributed by atoms with Gasteiger partial charge in [0.15, 0.2) is 0 Å². The lowest BCUT2D eigenvalue weighted by atomic mass is 10.1. The number of unbranched alkanes of at least 4 members (excludes halogenated alkanes) is 1. The zero-order valence-corrected chi connectivity index (χ0v) is 16.3. The molecule has 150 valence electrons. The lowest BCUT2D eigenvalue weighted by Gasteiger charge is -2.09. The number of aliphatic carboxylic acids is 1. The fraction of sp³-hybridized carbons (Fsp3) is 0.333. The van der Waals surface area contributed by atoms with Crippen molar-refractivity contribution in [2.45, 2.75) is 38.3 Å². The fourth-order valence-corrected chi connectivity index (χ4v) is 2.64. The first-order chi connectivity index (χ1) is 13.5. The van der Waals surface area contributed by atoms with Gasteiger partial charge in [-0.15, -0.1) is 0 Å². The summed E-state index contributed by atoms with van der Waals surface area (Å²) in [5.74, 6) is -1.01. The lowest BCUT2D eigenvalue weighted by Crippen LogP contribution is -2.30. The Labute approximate surface area is 169 Å². The highest BCUT2D eigenvalue weighted by atomic mass is 35.5. The van der Waals surface area contributed by atoms with Crippen LogP contribution in [-0.4, -0.2) is 29.8 Å². The van der Waals surface area contributed by atoms with Gasteiger partial charge < -0.3 is 20.9 Å². The van der Waals surface area contributed by atoms with E-state index in [2.05, 4.69) is 29.6 Å². The topological polar surface area (TPSA) is 102 Å². The number of benzene rings is 2. The van der Waals surface area contributed by atoms with Gasteiger partial charge in [-0.05, 0) is 42.9 Å². The normalized spacial score (nSPS) is 12.1. The summed E-state index contributed by atoms with van der Waals surface area (Å²) in [7, 11) is 0. The number of nitrogens with one attached hydrogen (secondary N) is 1. The monoisotopic (exact) mass is 404 g/mol. The molecule has 0 aromatic heterocycles. The molecule has 0 heterocycles. The highest BCUT2D eigenvalue weighted by Crippen LogP contribution is 2.25. The van der Waals surface area contributed by atoms with Crippen LogP contribution < -0.4 is 11.1 Å². The van der Waals surface area contributed by atoms with Crippen molar-refractivity contribution < 1.29 is 19.4 Å². The van der Waals surface area contributed by atoms with Crippen LogP contribution >= 0.6 is 11.6 Å². The van der Waals surface area contributed by atoms with Gasteiger partial charge in [-0.1, -0.05) is 54.1 Å². The quantitative estimate of drug-likeness (QED) is 0.496. The SMILES string of the molecule is N[C@@H](CCCCNC(=O)OCc1ccccc1Cl)C(=O)O.c1ccc2c(c1)C2. The summed E-state index contributed by atoms with van der Waals surface area (Å²) in [5, 5.41) is 11.7. The Bertz CT molecular complexity index is 776. The summed E-state index contributed by atoms with van der Waals surface area (Å²) in [6.07, 6.45) is 2.36. The number of halogens is 1. The highest BCUT2D eigenvalue weighted by molar-refractivity contribution is 6.31. The van der Waals surface area contributed by atoms with E-state index in [1.807, 2.05) is 6.07 Å². The smallest absolute Gasteiger partial charge is 0.407 e. The van der Waals surface area contributed by atoms with E-state index < -0.39 is 18.1 Å². The van der Waals surface area contributed by atoms with Crippen LogP contribution in [0.5, 0.6) is 0 Å². The number of alkyl carbamates (subject to hydrolysis) is 1. The van der Waals surface area contributed by atoms with Crippen molar-refractivity contribution in [3.8, 4) is 0 Å². The van der Waals surface area contributed by atoms with E-state index in [9.17, 15) is 9.59 Å². The lowest BCUT2D eigenvalue weighted by molar-refractivity contribution is -0.138. The van der Waals surface area contributed by atoms with Crippen molar-refractivity contribution in [2.75, 3.05) is 6.54 Å².